The van der Waals surface area contributed by atoms with E-state index in [2.05, 4.69) is 5.32 Å². The normalized spacial score (nSPS) is 13.5. The molecule has 0 heterocycles. The van der Waals surface area contributed by atoms with E-state index >= 15 is 0 Å². The predicted octanol–water partition coefficient (Wildman–Crippen LogP) is 3.08. The molecule has 0 aliphatic carbocycles. The van der Waals surface area contributed by atoms with Crippen molar-refractivity contribution in [2.75, 3.05) is 13.2 Å². The SMILES string of the molecule is CCNC(C)COc1ccccc1C(F)(F)F. The van der Waals surface area contributed by atoms with Gasteiger partial charge in [-0.05, 0) is 25.6 Å². The Kier molecular flexibility index (Phi) is 4.81. The summed E-state index contributed by atoms with van der Waals surface area (Å²) in [7, 11) is 0. The lowest BCUT2D eigenvalue weighted by atomic mass is 10.2. The van der Waals surface area contributed by atoms with Gasteiger partial charge in [-0.2, -0.15) is 13.2 Å². The molecule has 1 aromatic carbocycles. The summed E-state index contributed by atoms with van der Waals surface area (Å²) < 4.78 is 43.1. The van der Waals surface area contributed by atoms with Crippen LogP contribution in [0, 0.1) is 0 Å². The number of para-hydroxylation sites is 1. The molecule has 0 bridgehead atoms. The Balaban J connectivity index is 2.71. The molecule has 0 radical (unpaired) electrons. The van der Waals surface area contributed by atoms with E-state index in [1.165, 1.54) is 18.2 Å². The van der Waals surface area contributed by atoms with Crippen LogP contribution in [0.5, 0.6) is 5.75 Å². The molecule has 0 aromatic heterocycles. The van der Waals surface area contributed by atoms with Crippen molar-refractivity contribution in [3.05, 3.63) is 29.8 Å². The van der Waals surface area contributed by atoms with E-state index in [4.69, 9.17) is 4.74 Å². The van der Waals surface area contributed by atoms with E-state index in [1.54, 1.807) is 0 Å². The lowest BCUT2D eigenvalue weighted by molar-refractivity contribution is -0.139. The first kappa shape index (κ1) is 13.8. The molecule has 96 valence electrons. The van der Waals surface area contributed by atoms with Crippen LogP contribution < -0.4 is 10.1 Å². The first-order chi connectivity index (χ1) is 7.95. The number of halogens is 3. The quantitative estimate of drug-likeness (QED) is 0.863. The summed E-state index contributed by atoms with van der Waals surface area (Å²) in [5, 5.41) is 3.07. The monoisotopic (exact) mass is 247 g/mol. The van der Waals surface area contributed by atoms with Gasteiger partial charge < -0.3 is 10.1 Å². The van der Waals surface area contributed by atoms with Gasteiger partial charge in [-0.1, -0.05) is 19.1 Å². The molecule has 17 heavy (non-hydrogen) atoms. The highest BCUT2D eigenvalue weighted by Crippen LogP contribution is 2.35. The number of rotatable bonds is 5. The molecule has 1 rings (SSSR count). The van der Waals surface area contributed by atoms with E-state index in [1.807, 2.05) is 13.8 Å². The molecule has 0 amide bonds. The van der Waals surface area contributed by atoms with E-state index in [0.717, 1.165) is 12.6 Å². The van der Waals surface area contributed by atoms with Crippen molar-refractivity contribution in [2.45, 2.75) is 26.1 Å². The maximum absolute atomic E-state index is 12.6. The molecular formula is C12H16F3NO. The van der Waals surface area contributed by atoms with Gasteiger partial charge in [-0.25, -0.2) is 0 Å². The largest absolute Gasteiger partial charge is 0.491 e. The Labute approximate surface area is 98.8 Å². The Bertz CT molecular complexity index is 352. The highest BCUT2D eigenvalue weighted by molar-refractivity contribution is 5.35. The van der Waals surface area contributed by atoms with Crippen LogP contribution in [0.15, 0.2) is 24.3 Å². The molecule has 0 spiro atoms. The summed E-state index contributed by atoms with van der Waals surface area (Å²) in [6.45, 7) is 4.76. The van der Waals surface area contributed by atoms with Crippen LogP contribution in [-0.4, -0.2) is 19.2 Å². The van der Waals surface area contributed by atoms with Crippen molar-refractivity contribution in [2.24, 2.45) is 0 Å². The molecule has 0 aliphatic rings. The second-order valence-electron chi connectivity index (χ2n) is 3.76. The minimum Gasteiger partial charge on any atom is -0.491 e. The summed E-state index contributed by atoms with van der Waals surface area (Å²) in [6.07, 6.45) is -4.38. The molecule has 5 heteroatoms. The van der Waals surface area contributed by atoms with Gasteiger partial charge in [0.25, 0.3) is 0 Å². The fraction of sp³-hybridized carbons (Fsp3) is 0.500. The van der Waals surface area contributed by atoms with Crippen LogP contribution >= 0.6 is 0 Å². The molecule has 0 aliphatic heterocycles. The summed E-state index contributed by atoms with van der Waals surface area (Å²) in [4.78, 5) is 0. The van der Waals surface area contributed by atoms with Crippen LogP contribution in [0.1, 0.15) is 19.4 Å². The van der Waals surface area contributed by atoms with Gasteiger partial charge in [0, 0.05) is 6.04 Å². The Morgan fingerprint density at radius 1 is 1.29 bits per heavy atom. The van der Waals surface area contributed by atoms with Crippen LogP contribution in [0.3, 0.4) is 0 Å². The third-order valence-electron chi connectivity index (χ3n) is 2.23. The average molecular weight is 247 g/mol. The highest BCUT2D eigenvalue weighted by atomic mass is 19.4. The fourth-order valence-corrected chi connectivity index (χ4v) is 1.45. The lowest BCUT2D eigenvalue weighted by Crippen LogP contribution is -2.31. The molecule has 0 saturated carbocycles. The summed E-state index contributed by atoms with van der Waals surface area (Å²) >= 11 is 0. The number of alkyl halides is 3. The minimum atomic E-state index is -4.38. The zero-order chi connectivity index (χ0) is 12.9. The van der Waals surface area contributed by atoms with Crippen molar-refractivity contribution in [3.8, 4) is 5.75 Å². The van der Waals surface area contributed by atoms with E-state index in [0.29, 0.717) is 0 Å². The van der Waals surface area contributed by atoms with Crippen LogP contribution in [0.4, 0.5) is 13.2 Å². The smallest absolute Gasteiger partial charge is 0.419 e. The van der Waals surface area contributed by atoms with Gasteiger partial charge in [0.1, 0.15) is 12.4 Å². The standard InChI is InChI=1S/C12H16F3NO/c1-3-16-9(2)8-17-11-7-5-4-6-10(11)12(13,14)15/h4-7,9,16H,3,8H2,1-2H3. The Hall–Kier alpha value is -1.23. The van der Waals surface area contributed by atoms with Crippen molar-refractivity contribution in [1.29, 1.82) is 0 Å². The predicted molar refractivity (Wildman–Crippen MR) is 60.1 cm³/mol. The number of nitrogens with one attached hydrogen (secondary N) is 1. The van der Waals surface area contributed by atoms with Crippen molar-refractivity contribution in [1.82, 2.24) is 5.32 Å². The second-order valence-corrected chi connectivity index (χ2v) is 3.76. The highest BCUT2D eigenvalue weighted by Gasteiger charge is 2.34. The van der Waals surface area contributed by atoms with E-state index < -0.39 is 11.7 Å². The van der Waals surface area contributed by atoms with Crippen molar-refractivity contribution < 1.29 is 17.9 Å². The molecule has 1 aromatic rings. The summed E-state index contributed by atoms with van der Waals surface area (Å²) in [5.74, 6) is -0.121. The van der Waals surface area contributed by atoms with E-state index in [9.17, 15) is 13.2 Å². The molecule has 1 atom stereocenters. The molecule has 2 nitrogen and oxygen atoms in total. The van der Waals surface area contributed by atoms with Crippen LogP contribution in [0.2, 0.25) is 0 Å². The zero-order valence-electron chi connectivity index (χ0n) is 9.84. The molecule has 1 unspecified atom stereocenters. The van der Waals surface area contributed by atoms with Gasteiger partial charge in [0.05, 0.1) is 5.56 Å². The molecular weight excluding hydrogens is 231 g/mol. The molecule has 1 N–H and O–H groups in total. The van der Waals surface area contributed by atoms with Gasteiger partial charge in [0.2, 0.25) is 0 Å². The summed E-state index contributed by atoms with van der Waals surface area (Å²) in [6, 6.07) is 5.25. The topological polar surface area (TPSA) is 21.3 Å². The number of likely N-dealkylation sites (N-methyl/N-ethyl adjacent to an activating group) is 1. The maximum Gasteiger partial charge on any atom is 0.419 e. The Morgan fingerprint density at radius 2 is 1.94 bits per heavy atom. The zero-order valence-corrected chi connectivity index (χ0v) is 9.84. The van der Waals surface area contributed by atoms with Crippen molar-refractivity contribution in [3.63, 3.8) is 0 Å². The third-order valence-corrected chi connectivity index (χ3v) is 2.23. The number of benzene rings is 1. The molecule has 0 fully saturated rings. The first-order valence-electron chi connectivity index (χ1n) is 5.47. The fourth-order valence-electron chi connectivity index (χ4n) is 1.45. The second kappa shape index (κ2) is 5.91. The lowest BCUT2D eigenvalue weighted by Gasteiger charge is -2.17. The van der Waals surface area contributed by atoms with Crippen LogP contribution in [-0.2, 0) is 6.18 Å². The van der Waals surface area contributed by atoms with Gasteiger partial charge >= 0.3 is 6.18 Å². The van der Waals surface area contributed by atoms with E-state index in [-0.39, 0.29) is 18.4 Å². The minimum absolute atomic E-state index is 0.0151. The number of ether oxygens (including phenoxy) is 1. The third kappa shape index (κ3) is 4.26. The average Bonchev–Trinajstić information content (AvgIpc) is 2.26. The van der Waals surface area contributed by atoms with Gasteiger partial charge in [-0.15, -0.1) is 0 Å². The number of hydrogen-bond donors (Lipinski definition) is 1. The van der Waals surface area contributed by atoms with Crippen LogP contribution in [0.25, 0.3) is 0 Å². The first-order valence-corrected chi connectivity index (χ1v) is 5.47. The number of hydrogen-bond acceptors (Lipinski definition) is 2. The van der Waals surface area contributed by atoms with Gasteiger partial charge in [0.15, 0.2) is 0 Å². The summed E-state index contributed by atoms with van der Waals surface area (Å²) in [5.41, 5.74) is -0.733. The maximum atomic E-state index is 12.6. The molecule has 0 saturated heterocycles. The van der Waals surface area contributed by atoms with Gasteiger partial charge in [-0.3, -0.25) is 0 Å². The Morgan fingerprint density at radius 3 is 2.53 bits per heavy atom. The van der Waals surface area contributed by atoms with Crippen molar-refractivity contribution >= 4 is 0 Å².